The fourth-order valence-corrected chi connectivity index (χ4v) is 1.86. The van der Waals surface area contributed by atoms with E-state index in [2.05, 4.69) is 4.98 Å². The van der Waals surface area contributed by atoms with Crippen molar-refractivity contribution in [3.63, 3.8) is 0 Å². The molecule has 0 spiro atoms. The Hall–Kier alpha value is -0.890. The predicted molar refractivity (Wildman–Crippen MR) is 55.9 cm³/mol. The molecule has 1 unspecified atom stereocenters. The Morgan fingerprint density at radius 1 is 1.50 bits per heavy atom. The molecule has 1 aliphatic carbocycles. The van der Waals surface area contributed by atoms with E-state index in [1.165, 1.54) is 19.3 Å². The van der Waals surface area contributed by atoms with Gasteiger partial charge in [-0.05, 0) is 30.9 Å². The highest BCUT2D eigenvalue weighted by atomic mass is 16.3. The normalized spacial score (nSPS) is 19.0. The molecule has 1 heterocycles. The summed E-state index contributed by atoms with van der Waals surface area (Å²) in [5, 5.41) is 9.91. The standard InChI is InChI=1S/C12H17NO/c1-9-5-6-11(8-13-9)12(14)7-10-3-2-4-10/h5-6,8,10,12,14H,2-4,7H2,1H3. The third-order valence-electron chi connectivity index (χ3n) is 3.10. The Morgan fingerprint density at radius 3 is 2.79 bits per heavy atom. The van der Waals surface area contributed by atoms with E-state index in [0.717, 1.165) is 23.6 Å². The summed E-state index contributed by atoms with van der Waals surface area (Å²) >= 11 is 0. The van der Waals surface area contributed by atoms with Crippen LogP contribution in [0.4, 0.5) is 0 Å². The van der Waals surface area contributed by atoms with Crippen LogP contribution in [-0.4, -0.2) is 10.1 Å². The molecule has 1 N–H and O–H groups in total. The molecule has 2 rings (SSSR count). The first kappa shape index (κ1) is 9.66. The summed E-state index contributed by atoms with van der Waals surface area (Å²) in [4.78, 5) is 4.19. The molecule has 0 radical (unpaired) electrons. The van der Waals surface area contributed by atoms with E-state index in [0.29, 0.717) is 0 Å². The second kappa shape index (κ2) is 4.09. The first-order valence-electron chi connectivity index (χ1n) is 5.36. The van der Waals surface area contributed by atoms with Gasteiger partial charge in [0.15, 0.2) is 0 Å². The second-order valence-corrected chi connectivity index (χ2v) is 4.28. The number of hydrogen-bond donors (Lipinski definition) is 1. The summed E-state index contributed by atoms with van der Waals surface area (Å²) < 4.78 is 0. The highest BCUT2D eigenvalue weighted by molar-refractivity contribution is 5.15. The van der Waals surface area contributed by atoms with Crippen LogP contribution in [0.1, 0.15) is 43.0 Å². The molecular weight excluding hydrogens is 174 g/mol. The van der Waals surface area contributed by atoms with Crippen LogP contribution in [0.2, 0.25) is 0 Å². The van der Waals surface area contributed by atoms with Crippen molar-refractivity contribution in [3.8, 4) is 0 Å². The number of aliphatic hydroxyl groups excluding tert-OH is 1. The van der Waals surface area contributed by atoms with Gasteiger partial charge in [0.2, 0.25) is 0 Å². The summed E-state index contributed by atoms with van der Waals surface area (Å²) in [6.07, 6.45) is 6.30. The minimum Gasteiger partial charge on any atom is -0.388 e. The van der Waals surface area contributed by atoms with Crippen molar-refractivity contribution in [2.24, 2.45) is 5.92 Å². The smallest absolute Gasteiger partial charge is 0.0807 e. The topological polar surface area (TPSA) is 33.1 Å². The molecule has 0 amide bonds. The van der Waals surface area contributed by atoms with Crippen LogP contribution in [0.15, 0.2) is 18.3 Å². The number of aryl methyl sites for hydroxylation is 1. The Kier molecular flexibility index (Phi) is 2.82. The lowest BCUT2D eigenvalue weighted by Crippen LogP contribution is -2.14. The minimum atomic E-state index is -0.312. The minimum absolute atomic E-state index is 0.312. The number of pyridine rings is 1. The molecular formula is C12H17NO. The van der Waals surface area contributed by atoms with E-state index in [1.807, 2.05) is 19.1 Å². The van der Waals surface area contributed by atoms with E-state index in [4.69, 9.17) is 0 Å². The molecule has 0 bridgehead atoms. The third-order valence-corrected chi connectivity index (χ3v) is 3.10. The van der Waals surface area contributed by atoms with Crippen molar-refractivity contribution in [2.45, 2.75) is 38.7 Å². The Balaban J connectivity index is 1.95. The average molecular weight is 191 g/mol. The van der Waals surface area contributed by atoms with Gasteiger partial charge in [-0.25, -0.2) is 0 Å². The van der Waals surface area contributed by atoms with Crippen LogP contribution in [0.25, 0.3) is 0 Å². The van der Waals surface area contributed by atoms with Gasteiger partial charge in [-0.15, -0.1) is 0 Å². The third kappa shape index (κ3) is 2.13. The number of nitrogens with zero attached hydrogens (tertiary/aromatic N) is 1. The van der Waals surface area contributed by atoms with Gasteiger partial charge in [0, 0.05) is 11.9 Å². The maximum absolute atomic E-state index is 9.91. The summed E-state index contributed by atoms with van der Waals surface area (Å²) in [6, 6.07) is 3.94. The highest BCUT2D eigenvalue weighted by Crippen LogP contribution is 2.34. The molecule has 0 aliphatic heterocycles. The van der Waals surface area contributed by atoms with E-state index in [9.17, 15) is 5.11 Å². The van der Waals surface area contributed by atoms with Crippen molar-refractivity contribution < 1.29 is 5.11 Å². The summed E-state index contributed by atoms with van der Waals surface area (Å²) in [7, 11) is 0. The van der Waals surface area contributed by atoms with Crippen molar-refractivity contribution in [1.82, 2.24) is 4.98 Å². The lowest BCUT2D eigenvalue weighted by atomic mass is 9.80. The van der Waals surface area contributed by atoms with E-state index in [1.54, 1.807) is 6.20 Å². The molecule has 76 valence electrons. The van der Waals surface area contributed by atoms with Crippen molar-refractivity contribution in [2.75, 3.05) is 0 Å². The lowest BCUT2D eigenvalue weighted by Gasteiger charge is -2.27. The predicted octanol–water partition coefficient (Wildman–Crippen LogP) is 2.61. The summed E-state index contributed by atoms with van der Waals surface area (Å²) in [6.45, 7) is 1.96. The Labute approximate surface area is 85.0 Å². The number of aromatic nitrogens is 1. The molecule has 1 saturated carbocycles. The van der Waals surface area contributed by atoms with Gasteiger partial charge in [-0.1, -0.05) is 25.3 Å². The van der Waals surface area contributed by atoms with E-state index in [-0.39, 0.29) is 6.10 Å². The van der Waals surface area contributed by atoms with Crippen LogP contribution in [0.5, 0.6) is 0 Å². The fraction of sp³-hybridized carbons (Fsp3) is 0.583. The Morgan fingerprint density at radius 2 is 2.29 bits per heavy atom. The summed E-state index contributed by atoms with van der Waals surface area (Å²) in [5.74, 6) is 0.742. The number of hydrogen-bond acceptors (Lipinski definition) is 2. The molecule has 1 atom stereocenters. The monoisotopic (exact) mass is 191 g/mol. The first-order valence-corrected chi connectivity index (χ1v) is 5.36. The van der Waals surface area contributed by atoms with Crippen LogP contribution in [0, 0.1) is 12.8 Å². The maximum Gasteiger partial charge on any atom is 0.0807 e. The highest BCUT2D eigenvalue weighted by Gasteiger charge is 2.21. The van der Waals surface area contributed by atoms with Crippen LogP contribution in [-0.2, 0) is 0 Å². The number of aliphatic hydroxyl groups is 1. The average Bonchev–Trinajstić information content (AvgIpc) is 2.12. The molecule has 2 heteroatoms. The zero-order valence-electron chi connectivity index (χ0n) is 8.61. The molecule has 0 aromatic carbocycles. The summed E-state index contributed by atoms with van der Waals surface area (Å²) in [5.41, 5.74) is 1.96. The van der Waals surface area contributed by atoms with Crippen molar-refractivity contribution in [3.05, 3.63) is 29.6 Å². The van der Waals surface area contributed by atoms with Crippen LogP contribution < -0.4 is 0 Å². The Bertz CT molecular complexity index is 290. The molecule has 0 saturated heterocycles. The van der Waals surface area contributed by atoms with E-state index >= 15 is 0 Å². The molecule has 2 nitrogen and oxygen atoms in total. The molecule has 1 aromatic heterocycles. The van der Waals surface area contributed by atoms with Gasteiger partial charge >= 0.3 is 0 Å². The van der Waals surface area contributed by atoms with Gasteiger partial charge < -0.3 is 5.11 Å². The lowest BCUT2D eigenvalue weighted by molar-refractivity contribution is 0.118. The largest absolute Gasteiger partial charge is 0.388 e. The molecule has 1 fully saturated rings. The van der Waals surface area contributed by atoms with E-state index < -0.39 is 0 Å². The molecule has 14 heavy (non-hydrogen) atoms. The van der Waals surface area contributed by atoms with Crippen molar-refractivity contribution in [1.29, 1.82) is 0 Å². The zero-order valence-corrected chi connectivity index (χ0v) is 8.61. The SMILES string of the molecule is Cc1ccc(C(O)CC2CCC2)cn1. The number of rotatable bonds is 3. The van der Waals surface area contributed by atoms with Gasteiger partial charge in [0.05, 0.1) is 6.10 Å². The van der Waals surface area contributed by atoms with Crippen LogP contribution >= 0.6 is 0 Å². The van der Waals surface area contributed by atoms with Crippen LogP contribution in [0.3, 0.4) is 0 Å². The van der Waals surface area contributed by atoms with Gasteiger partial charge in [0.25, 0.3) is 0 Å². The maximum atomic E-state index is 9.91. The quantitative estimate of drug-likeness (QED) is 0.796. The van der Waals surface area contributed by atoms with Crippen molar-refractivity contribution >= 4 is 0 Å². The first-order chi connectivity index (χ1) is 6.75. The molecule has 1 aromatic rings. The van der Waals surface area contributed by atoms with Gasteiger partial charge in [-0.2, -0.15) is 0 Å². The molecule has 1 aliphatic rings. The van der Waals surface area contributed by atoms with Gasteiger partial charge in [-0.3, -0.25) is 4.98 Å². The van der Waals surface area contributed by atoms with Gasteiger partial charge in [0.1, 0.15) is 0 Å². The zero-order chi connectivity index (χ0) is 9.97. The second-order valence-electron chi connectivity index (χ2n) is 4.28. The fourth-order valence-electron chi connectivity index (χ4n) is 1.86.